The number of carbonyl (C=O) groups excluding carboxylic acids is 1. The number of nitrogens with zero attached hydrogens (tertiary/aromatic N) is 1. The molecular formula is C20H26N2O4. The number of benzene rings is 1. The molecule has 0 bridgehead atoms. The van der Waals surface area contributed by atoms with E-state index in [-0.39, 0.29) is 12.5 Å². The van der Waals surface area contributed by atoms with Crippen LogP contribution in [0.2, 0.25) is 0 Å². The number of methoxy groups -OCH3 is 2. The van der Waals surface area contributed by atoms with E-state index in [9.17, 15) is 4.79 Å². The smallest absolute Gasteiger partial charge is 0.238 e. The van der Waals surface area contributed by atoms with Gasteiger partial charge < -0.3 is 19.2 Å². The number of furan rings is 1. The van der Waals surface area contributed by atoms with E-state index in [0.29, 0.717) is 29.6 Å². The molecule has 0 aliphatic heterocycles. The monoisotopic (exact) mass is 358 g/mol. The van der Waals surface area contributed by atoms with Gasteiger partial charge in [0.1, 0.15) is 23.0 Å². The van der Waals surface area contributed by atoms with Crippen molar-refractivity contribution in [3.8, 4) is 11.5 Å². The Morgan fingerprint density at radius 1 is 1.27 bits per heavy atom. The molecule has 6 heteroatoms. The van der Waals surface area contributed by atoms with E-state index >= 15 is 0 Å². The summed E-state index contributed by atoms with van der Waals surface area (Å²) in [6.07, 6.45) is 1.20. The van der Waals surface area contributed by atoms with Gasteiger partial charge in [0.2, 0.25) is 5.91 Å². The molecule has 1 saturated carbocycles. The van der Waals surface area contributed by atoms with Crippen LogP contribution in [0.1, 0.15) is 30.8 Å². The summed E-state index contributed by atoms with van der Waals surface area (Å²) < 4.78 is 16.4. The molecule has 1 N–H and O–H groups in total. The molecule has 0 unspecified atom stereocenters. The number of hydrogen-bond acceptors (Lipinski definition) is 5. The second-order valence-electron chi connectivity index (χ2n) is 6.91. The maximum absolute atomic E-state index is 12.4. The van der Waals surface area contributed by atoms with Crippen molar-refractivity contribution in [1.82, 2.24) is 4.90 Å². The molecule has 2 aromatic rings. The van der Waals surface area contributed by atoms with Crippen molar-refractivity contribution in [1.29, 1.82) is 0 Å². The Bertz CT molecular complexity index is 771. The first-order valence-corrected chi connectivity index (χ1v) is 8.79. The lowest BCUT2D eigenvalue weighted by Gasteiger charge is -2.16. The molecule has 0 spiro atoms. The van der Waals surface area contributed by atoms with Gasteiger partial charge in [-0.15, -0.1) is 0 Å². The van der Waals surface area contributed by atoms with E-state index in [1.165, 1.54) is 6.42 Å². The number of carbonyl (C=O) groups is 1. The van der Waals surface area contributed by atoms with Gasteiger partial charge in [-0.1, -0.05) is 6.92 Å². The fourth-order valence-corrected chi connectivity index (χ4v) is 3.07. The van der Waals surface area contributed by atoms with Crippen molar-refractivity contribution in [3.05, 3.63) is 41.9 Å². The molecule has 0 radical (unpaired) electrons. The molecule has 2 atom stereocenters. The largest absolute Gasteiger partial charge is 0.497 e. The van der Waals surface area contributed by atoms with Crippen molar-refractivity contribution in [2.75, 3.05) is 33.1 Å². The lowest BCUT2D eigenvalue weighted by Crippen LogP contribution is -2.29. The lowest BCUT2D eigenvalue weighted by molar-refractivity contribution is -0.117. The minimum Gasteiger partial charge on any atom is -0.497 e. The molecule has 1 aliphatic rings. The average molecular weight is 358 g/mol. The molecular weight excluding hydrogens is 332 g/mol. The predicted octanol–water partition coefficient (Wildman–Crippen LogP) is 3.49. The van der Waals surface area contributed by atoms with Gasteiger partial charge in [0.15, 0.2) is 0 Å². The minimum atomic E-state index is -0.123. The topological polar surface area (TPSA) is 63.9 Å². The molecule has 3 rings (SSSR count). The minimum absolute atomic E-state index is 0.123. The maximum atomic E-state index is 12.4. The summed E-state index contributed by atoms with van der Waals surface area (Å²) in [4.78, 5) is 14.3. The molecule has 1 fully saturated rings. The zero-order valence-corrected chi connectivity index (χ0v) is 15.7. The van der Waals surface area contributed by atoms with Crippen LogP contribution in [0.25, 0.3) is 0 Å². The zero-order chi connectivity index (χ0) is 18.7. The summed E-state index contributed by atoms with van der Waals surface area (Å²) in [5.41, 5.74) is 0.591. The fraction of sp³-hybridized carbons (Fsp3) is 0.450. The summed E-state index contributed by atoms with van der Waals surface area (Å²) in [7, 11) is 5.05. The molecule has 1 amide bonds. The van der Waals surface area contributed by atoms with Crippen LogP contribution in [0.4, 0.5) is 5.69 Å². The van der Waals surface area contributed by atoms with Crippen LogP contribution in [-0.2, 0) is 11.3 Å². The highest BCUT2D eigenvalue weighted by Crippen LogP contribution is 2.47. The summed E-state index contributed by atoms with van der Waals surface area (Å²) in [5.74, 6) is 4.36. The van der Waals surface area contributed by atoms with Gasteiger partial charge in [0.25, 0.3) is 0 Å². The maximum Gasteiger partial charge on any atom is 0.238 e. The molecule has 140 valence electrons. The number of anilines is 1. The first-order chi connectivity index (χ1) is 12.5. The van der Waals surface area contributed by atoms with Gasteiger partial charge in [-0.2, -0.15) is 0 Å². The van der Waals surface area contributed by atoms with Crippen LogP contribution < -0.4 is 14.8 Å². The van der Waals surface area contributed by atoms with Gasteiger partial charge in [0, 0.05) is 12.0 Å². The number of rotatable bonds is 8. The zero-order valence-electron chi connectivity index (χ0n) is 15.7. The molecule has 0 saturated heterocycles. The summed E-state index contributed by atoms with van der Waals surface area (Å²) >= 11 is 0. The van der Waals surface area contributed by atoms with E-state index in [1.807, 2.05) is 18.0 Å². The average Bonchev–Trinajstić information content (AvgIpc) is 3.16. The third-order valence-corrected chi connectivity index (χ3v) is 4.68. The summed E-state index contributed by atoms with van der Waals surface area (Å²) in [5, 5.41) is 2.88. The predicted molar refractivity (Wildman–Crippen MR) is 99.7 cm³/mol. The normalized spacial score (nSPS) is 18.7. The van der Waals surface area contributed by atoms with Crippen molar-refractivity contribution in [2.45, 2.75) is 25.8 Å². The number of hydrogen-bond donors (Lipinski definition) is 1. The van der Waals surface area contributed by atoms with E-state index < -0.39 is 0 Å². The fourth-order valence-electron chi connectivity index (χ4n) is 3.07. The van der Waals surface area contributed by atoms with Crippen LogP contribution in [-0.4, -0.2) is 38.6 Å². The van der Waals surface area contributed by atoms with Gasteiger partial charge in [-0.3, -0.25) is 9.69 Å². The standard InChI is InChI=1S/C20H26N2O4/c1-13-9-16(13)18-7-6-15(26-18)11-22(2)12-20(23)21-17-10-14(24-3)5-8-19(17)25-4/h5-8,10,13,16H,9,11-12H2,1-4H3,(H,21,23)/t13-,16+/m1/s1. The highest BCUT2D eigenvalue weighted by Gasteiger charge is 2.36. The Labute approximate surface area is 154 Å². The summed E-state index contributed by atoms with van der Waals surface area (Å²) in [6.45, 7) is 3.07. The summed E-state index contributed by atoms with van der Waals surface area (Å²) in [6, 6.07) is 9.35. The molecule has 1 aliphatic carbocycles. The third-order valence-electron chi connectivity index (χ3n) is 4.68. The lowest BCUT2D eigenvalue weighted by atomic mass is 10.2. The van der Waals surface area contributed by atoms with Crippen LogP contribution in [0.3, 0.4) is 0 Å². The number of likely N-dealkylation sites (N-methyl/N-ethyl adjacent to an activating group) is 1. The molecule has 1 aromatic carbocycles. The van der Waals surface area contributed by atoms with Crippen molar-refractivity contribution >= 4 is 11.6 Å². The number of ether oxygens (including phenoxy) is 2. The van der Waals surface area contributed by atoms with Crippen LogP contribution in [0.5, 0.6) is 11.5 Å². The Morgan fingerprint density at radius 2 is 2.04 bits per heavy atom. The van der Waals surface area contributed by atoms with Gasteiger partial charge >= 0.3 is 0 Å². The van der Waals surface area contributed by atoms with Crippen molar-refractivity contribution < 1.29 is 18.7 Å². The highest BCUT2D eigenvalue weighted by atomic mass is 16.5. The SMILES string of the molecule is COc1ccc(OC)c(NC(=O)CN(C)Cc2ccc([C@H]3C[C@H]3C)o2)c1. The van der Waals surface area contributed by atoms with E-state index in [1.54, 1.807) is 32.4 Å². The first kappa shape index (κ1) is 18.3. The van der Waals surface area contributed by atoms with E-state index in [4.69, 9.17) is 13.9 Å². The van der Waals surface area contributed by atoms with E-state index in [0.717, 1.165) is 17.4 Å². The Kier molecular flexibility index (Phi) is 5.52. The van der Waals surface area contributed by atoms with E-state index in [2.05, 4.69) is 18.3 Å². The molecule has 6 nitrogen and oxygen atoms in total. The highest BCUT2D eigenvalue weighted by molar-refractivity contribution is 5.93. The van der Waals surface area contributed by atoms with Gasteiger partial charge in [-0.25, -0.2) is 0 Å². The first-order valence-electron chi connectivity index (χ1n) is 8.79. The molecule has 1 heterocycles. The van der Waals surface area contributed by atoms with Crippen LogP contribution in [0.15, 0.2) is 34.7 Å². The molecule has 26 heavy (non-hydrogen) atoms. The van der Waals surface area contributed by atoms with Gasteiger partial charge in [-0.05, 0) is 43.7 Å². The van der Waals surface area contributed by atoms with Crippen molar-refractivity contribution in [2.24, 2.45) is 5.92 Å². The van der Waals surface area contributed by atoms with Crippen molar-refractivity contribution in [3.63, 3.8) is 0 Å². The Morgan fingerprint density at radius 3 is 2.69 bits per heavy atom. The number of nitrogens with one attached hydrogen (secondary N) is 1. The number of amides is 1. The van der Waals surface area contributed by atoms with Crippen LogP contribution >= 0.6 is 0 Å². The Hall–Kier alpha value is -2.47. The quantitative estimate of drug-likeness (QED) is 0.783. The Balaban J connectivity index is 1.55. The van der Waals surface area contributed by atoms with Crippen LogP contribution in [0, 0.1) is 5.92 Å². The second-order valence-corrected chi connectivity index (χ2v) is 6.91. The second kappa shape index (κ2) is 7.83. The third kappa shape index (κ3) is 4.38. The van der Waals surface area contributed by atoms with Gasteiger partial charge in [0.05, 0.1) is 33.0 Å². The molecule has 1 aromatic heterocycles.